The van der Waals surface area contributed by atoms with Crippen molar-refractivity contribution < 1.29 is 23.9 Å². The van der Waals surface area contributed by atoms with Crippen molar-refractivity contribution >= 4 is 34.4 Å². The van der Waals surface area contributed by atoms with Gasteiger partial charge in [0.05, 0.1) is 13.2 Å². The van der Waals surface area contributed by atoms with Crippen molar-refractivity contribution in [3.63, 3.8) is 0 Å². The summed E-state index contributed by atoms with van der Waals surface area (Å²) < 4.78 is 5.45. The summed E-state index contributed by atoms with van der Waals surface area (Å²) >= 11 is 0. The van der Waals surface area contributed by atoms with Gasteiger partial charge in [0, 0.05) is 42.3 Å². The Morgan fingerprint density at radius 2 is 2.10 bits per heavy atom. The zero-order valence-corrected chi connectivity index (χ0v) is 21.7. The second-order valence-electron chi connectivity index (χ2n) is 10.7. The van der Waals surface area contributed by atoms with Crippen LogP contribution in [-0.2, 0) is 9.59 Å². The normalized spacial score (nSPS) is 24.9. The summed E-state index contributed by atoms with van der Waals surface area (Å²) in [6, 6.07) is 5.68. The molecule has 6 rings (SSSR count). The van der Waals surface area contributed by atoms with Crippen LogP contribution >= 0.6 is 0 Å². The van der Waals surface area contributed by atoms with Crippen LogP contribution in [0.5, 0.6) is 5.75 Å². The van der Waals surface area contributed by atoms with Crippen LogP contribution < -0.4 is 15.4 Å². The molecule has 1 aromatic carbocycles. The predicted octanol–water partition coefficient (Wildman–Crippen LogP) is 2.03. The first-order valence-corrected chi connectivity index (χ1v) is 13.5. The second kappa shape index (κ2) is 10.2. The van der Waals surface area contributed by atoms with Crippen molar-refractivity contribution in [2.45, 2.75) is 44.2 Å². The number of rotatable bonds is 8. The fourth-order valence-electron chi connectivity index (χ4n) is 6.63. The van der Waals surface area contributed by atoms with Gasteiger partial charge in [-0.25, -0.2) is 4.98 Å². The molecule has 3 aromatic rings. The van der Waals surface area contributed by atoms with Crippen LogP contribution in [0.4, 0.5) is 0 Å². The van der Waals surface area contributed by atoms with E-state index in [0.717, 1.165) is 30.2 Å². The van der Waals surface area contributed by atoms with E-state index >= 15 is 0 Å². The minimum atomic E-state index is -0.938. The molecule has 1 saturated carbocycles. The van der Waals surface area contributed by atoms with E-state index in [4.69, 9.17) is 4.74 Å². The topological polar surface area (TPSA) is 149 Å². The molecule has 5 atom stereocenters. The second-order valence-corrected chi connectivity index (χ2v) is 10.7. The van der Waals surface area contributed by atoms with Crippen LogP contribution in [0.15, 0.2) is 36.7 Å². The lowest BCUT2D eigenvalue weighted by Crippen LogP contribution is -2.53. The molecular formula is C28H32N6O5. The van der Waals surface area contributed by atoms with Crippen molar-refractivity contribution in [2.75, 3.05) is 20.2 Å². The number of carbonyl (C=O) groups is 4. The molecule has 204 valence electrons. The van der Waals surface area contributed by atoms with Gasteiger partial charge >= 0.3 is 0 Å². The number of ether oxygens (including phenoxy) is 1. The van der Waals surface area contributed by atoms with Crippen LogP contribution in [-0.4, -0.2) is 75.6 Å². The maximum atomic E-state index is 13.9. The van der Waals surface area contributed by atoms with E-state index in [9.17, 15) is 19.2 Å². The van der Waals surface area contributed by atoms with Gasteiger partial charge < -0.3 is 30.2 Å². The maximum absolute atomic E-state index is 13.9. The summed E-state index contributed by atoms with van der Waals surface area (Å²) in [6.07, 6.45) is 6.59. The zero-order chi connectivity index (χ0) is 27.1. The van der Waals surface area contributed by atoms with E-state index in [2.05, 4.69) is 25.6 Å². The van der Waals surface area contributed by atoms with Crippen LogP contribution in [0.1, 0.15) is 53.2 Å². The molecule has 1 aliphatic carbocycles. The van der Waals surface area contributed by atoms with E-state index in [-0.39, 0.29) is 53.5 Å². The monoisotopic (exact) mass is 532 g/mol. The van der Waals surface area contributed by atoms with Crippen molar-refractivity contribution in [3.05, 3.63) is 48.2 Å². The van der Waals surface area contributed by atoms with Gasteiger partial charge in [0.25, 0.3) is 5.91 Å². The number of H-pyrrole nitrogens is 2. The number of aromatic amines is 2. The third kappa shape index (κ3) is 4.55. The summed E-state index contributed by atoms with van der Waals surface area (Å²) in [5.41, 5.74) is 1.16. The SMILES string of the molecule is COc1cccc2[nH]c(C(=O)N3C[C@@H]4CCC[C@@H]4[C@H]3C(=O)N[C@@H](C[C@@H]3CCNC3=O)C(=O)c3ncc[nH]3)cc12. The Labute approximate surface area is 225 Å². The molecule has 2 aliphatic heterocycles. The number of hydrogen-bond donors (Lipinski definition) is 4. The number of carbonyl (C=O) groups excluding carboxylic acids is 4. The lowest BCUT2D eigenvalue weighted by atomic mass is 9.91. The molecule has 0 bridgehead atoms. The fraction of sp³-hybridized carbons (Fsp3) is 0.464. The van der Waals surface area contributed by atoms with Crippen molar-refractivity contribution in [2.24, 2.45) is 17.8 Å². The largest absolute Gasteiger partial charge is 0.496 e. The first-order valence-electron chi connectivity index (χ1n) is 13.5. The minimum absolute atomic E-state index is 0.0157. The molecule has 4 heterocycles. The minimum Gasteiger partial charge on any atom is -0.496 e. The number of Topliss-reactive ketones (excluding diaryl/α,β-unsaturated/α-hetero) is 1. The molecule has 3 fully saturated rings. The summed E-state index contributed by atoms with van der Waals surface area (Å²) in [4.78, 5) is 65.1. The number of amides is 3. The van der Waals surface area contributed by atoms with Crippen LogP contribution in [0, 0.1) is 17.8 Å². The molecule has 4 N–H and O–H groups in total. The molecule has 0 unspecified atom stereocenters. The molecule has 2 aromatic heterocycles. The van der Waals surface area contributed by atoms with Gasteiger partial charge in [-0.05, 0) is 55.7 Å². The number of nitrogens with one attached hydrogen (secondary N) is 4. The smallest absolute Gasteiger partial charge is 0.271 e. The van der Waals surface area contributed by atoms with E-state index in [1.54, 1.807) is 24.3 Å². The van der Waals surface area contributed by atoms with Gasteiger partial charge in [-0.1, -0.05) is 12.5 Å². The fourth-order valence-corrected chi connectivity index (χ4v) is 6.63. The lowest BCUT2D eigenvalue weighted by Gasteiger charge is -2.29. The molecular weight excluding hydrogens is 500 g/mol. The summed E-state index contributed by atoms with van der Waals surface area (Å²) in [5, 5.41) is 6.52. The summed E-state index contributed by atoms with van der Waals surface area (Å²) in [7, 11) is 1.58. The zero-order valence-electron chi connectivity index (χ0n) is 21.7. The Morgan fingerprint density at radius 3 is 2.85 bits per heavy atom. The van der Waals surface area contributed by atoms with Gasteiger partial charge in [-0.15, -0.1) is 0 Å². The lowest BCUT2D eigenvalue weighted by molar-refractivity contribution is -0.127. The highest BCUT2D eigenvalue weighted by Crippen LogP contribution is 2.43. The summed E-state index contributed by atoms with van der Waals surface area (Å²) in [5.74, 6) is -0.475. The van der Waals surface area contributed by atoms with Crippen molar-refractivity contribution in [3.8, 4) is 5.75 Å². The number of imidazole rings is 1. The van der Waals surface area contributed by atoms with Crippen LogP contribution in [0.25, 0.3) is 10.9 Å². The third-order valence-electron chi connectivity index (χ3n) is 8.54. The maximum Gasteiger partial charge on any atom is 0.271 e. The highest BCUT2D eigenvalue weighted by molar-refractivity contribution is 6.03. The van der Waals surface area contributed by atoms with Crippen LogP contribution in [0.3, 0.4) is 0 Å². The Balaban J connectivity index is 1.28. The number of hydrogen-bond acceptors (Lipinski definition) is 6. The molecule has 0 radical (unpaired) electrons. The molecule has 2 saturated heterocycles. The third-order valence-corrected chi connectivity index (χ3v) is 8.54. The van der Waals surface area contributed by atoms with E-state index in [1.807, 2.05) is 18.2 Å². The number of aromatic nitrogens is 3. The van der Waals surface area contributed by atoms with E-state index < -0.39 is 12.1 Å². The average Bonchev–Trinajstić information content (AvgIpc) is 3.75. The van der Waals surface area contributed by atoms with E-state index in [0.29, 0.717) is 31.0 Å². The number of benzene rings is 1. The summed E-state index contributed by atoms with van der Waals surface area (Å²) in [6.45, 7) is 1.03. The average molecular weight is 533 g/mol. The van der Waals surface area contributed by atoms with Crippen LogP contribution in [0.2, 0.25) is 0 Å². The Hall–Kier alpha value is -4.15. The number of fused-ring (bicyclic) bond motifs is 2. The Kier molecular flexibility index (Phi) is 6.58. The number of methoxy groups -OCH3 is 1. The molecule has 0 spiro atoms. The first-order chi connectivity index (χ1) is 18.9. The van der Waals surface area contributed by atoms with Gasteiger partial charge in [0.1, 0.15) is 17.5 Å². The van der Waals surface area contributed by atoms with Crippen molar-refractivity contribution in [1.82, 2.24) is 30.5 Å². The quantitative estimate of drug-likeness (QED) is 0.326. The number of ketones is 1. The van der Waals surface area contributed by atoms with E-state index in [1.165, 1.54) is 6.20 Å². The van der Waals surface area contributed by atoms with Crippen molar-refractivity contribution in [1.29, 1.82) is 0 Å². The van der Waals surface area contributed by atoms with Gasteiger partial charge in [-0.2, -0.15) is 0 Å². The van der Waals surface area contributed by atoms with Gasteiger partial charge in [-0.3, -0.25) is 19.2 Å². The molecule has 3 aliphatic rings. The highest BCUT2D eigenvalue weighted by Gasteiger charge is 2.50. The van der Waals surface area contributed by atoms with Gasteiger partial charge in [0.15, 0.2) is 5.82 Å². The molecule has 11 nitrogen and oxygen atoms in total. The molecule has 3 amide bonds. The predicted molar refractivity (Wildman–Crippen MR) is 141 cm³/mol. The first kappa shape index (κ1) is 25.1. The van der Waals surface area contributed by atoms with Gasteiger partial charge in [0.2, 0.25) is 17.6 Å². The Morgan fingerprint density at radius 1 is 1.23 bits per heavy atom. The molecule has 11 heteroatoms. The Bertz CT molecular complexity index is 1410. The highest BCUT2D eigenvalue weighted by atomic mass is 16.5. The molecule has 39 heavy (non-hydrogen) atoms. The number of nitrogens with zero attached hydrogens (tertiary/aromatic N) is 2. The number of likely N-dealkylation sites (tertiary alicyclic amines) is 1. The standard InChI is InChI=1S/C28H32N6O5/c1-39-22-7-3-6-19-18(22)13-21(32-19)28(38)34-14-16-4-2-5-17(16)23(34)27(37)33-20(12-15-8-9-31-26(15)36)24(35)25-29-10-11-30-25/h3,6-7,10-11,13,15-17,20,23,32H,2,4-5,8-9,12,14H2,1H3,(H,29,30)(H,31,36)(H,33,37)/t15-,16-,17-,20-,23-/m0/s1.